The SMILES string of the molecule is CCNC(c1ccc(CC)s1)C1(C)CCCCC1. The molecule has 0 saturated heterocycles. The van der Waals surface area contributed by atoms with Gasteiger partial charge in [-0.05, 0) is 43.4 Å². The molecule has 1 aliphatic rings. The van der Waals surface area contributed by atoms with Gasteiger partial charge >= 0.3 is 0 Å². The minimum absolute atomic E-state index is 0.462. The number of hydrogen-bond donors (Lipinski definition) is 1. The molecule has 1 aromatic heterocycles. The highest BCUT2D eigenvalue weighted by Crippen LogP contribution is 2.47. The van der Waals surface area contributed by atoms with Crippen molar-refractivity contribution in [1.29, 1.82) is 0 Å². The Labute approximate surface area is 116 Å². The van der Waals surface area contributed by atoms with Gasteiger partial charge in [-0.2, -0.15) is 0 Å². The summed E-state index contributed by atoms with van der Waals surface area (Å²) in [5.41, 5.74) is 0.462. The fraction of sp³-hybridized carbons (Fsp3) is 0.750. The highest BCUT2D eigenvalue weighted by molar-refractivity contribution is 7.12. The van der Waals surface area contributed by atoms with Gasteiger partial charge in [0.15, 0.2) is 0 Å². The first-order valence-corrected chi connectivity index (χ1v) is 8.33. The first kappa shape index (κ1) is 14.1. The van der Waals surface area contributed by atoms with Crippen molar-refractivity contribution in [3.63, 3.8) is 0 Å². The lowest BCUT2D eigenvalue weighted by Crippen LogP contribution is -2.37. The van der Waals surface area contributed by atoms with E-state index in [-0.39, 0.29) is 0 Å². The quantitative estimate of drug-likeness (QED) is 0.796. The van der Waals surface area contributed by atoms with E-state index >= 15 is 0 Å². The predicted molar refractivity (Wildman–Crippen MR) is 81.3 cm³/mol. The first-order valence-electron chi connectivity index (χ1n) is 7.51. The standard InChI is InChI=1S/C16H27NS/c1-4-13-9-10-14(18-13)15(17-5-2)16(3)11-7-6-8-12-16/h9-10,15,17H,4-8,11-12H2,1-3H3. The third-order valence-corrected chi connectivity index (χ3v) is 5.71. The molecule has 2 rings (SSSR count). The van der Waals surface area contributed by atoms with E-state index in [0.29, 0.717) is 11.5 Å². The van der Waals surface area contributed by atoms with Gasteiger partial charge in [0.25, 0.3) is 0 Å². The molecule has 1 fully saturated rings. The van der Waals surface area contributed by atoms with Crippen molar-refractivity contribution in [2.45, 2.75) is 65.3 Å². The van der Waals surface area contributed by atoms with Gasteiger partial charge in [-0.3, -0.25) is 0 Å². The highest BCUT2D eigenvalue weighted by atomic mass is 32.1. The molecule has 0 radical (unpaired) electrons. The maximum absolute atomic E-state index is 3.76. The summed E-state index contributed by atoms with van der Waals surface area (Å²) in [6.45, 7) is 8.04. The van der Waals surface area contributed by atoms with E-state index in [9.17, 15) is 0 Å². The summed E-state index contributed by atoms with van der Waals surface area (Å²) in [6, 6.07) is 5.24. The second-order valence-electron chi connectivity index (χ2n) is 5.86. The molecule has 0 aromatic carbocycles. The topological polar surface area (TPSA) is 12.0 Å². The molecule has 1 atom stereocenters. The Morgan fingerprint density at radius 3 is 2.50 bits per heavy atom. The molecule has 1 unspecified atom stereocenters. The van der Waals surface area contributed by atoms with Crippen molar-refractivity contribution < 1.29 is 0 Å². The number of aryl methyl sites for hydroxylation is 1. The molecule has 0 bridgehead atoms. The summed E-state index contributed by atoms with van der Waals surface area (Å²) in [4.78, 5) is 3.07. The van der Waals surface area contributed by atoms with Gasteiger partial charge in [0.05, 0.1) is 0 Å². The summed E-state index contributed by atoms with van der Waals surface area (Å²) < 4.78 is 0. The molecule has 2 heteroatoms. The minimum atomic E-state index is 0.462. The van der Waals surface area contributed by atoms with E-state index in [1.807, 2.05) is 11.3 Å². The van der Waals surface area contributed by atoms with Crippen LogP contribution in [0.3, 0.4) is 0 Å². The summed E-state index contributed by atoms with van der Waals surface area (Å²) >= 11 is 2.01. The Hall–Kier alpha value is -0.340. The molecule has 0 amide bonds. The average molecular weight is 265 g/mol. The fourth-order valence-corrected chi connectivity index (χ4v) is 4.49. The Morgan fingerprint density at radius 1 is 1.22 bits per heavy atom. The lowest BCUT2D eigenvalue weighted by atomic mass is 9.70. The summed E-state index contributed by atoms with van der Waals surface area (Å²) in [5, 5.41) is 3.76. The molecule has 0 aliphatic heterocycles. The first-order chi connectivity index (χ1) is 8.69. The zero-order chi connectivity index (χ0) is 13.0. The normalized spacial score (nSPS) is 20.8. The van der Waals surface area contributed by atoms with Gasteiger partial charge in [0.2, 0.25) is 0 Å². The Balaban J connectivity index is 2.20. The van der Waals surface area contributed by atoms with Crippen LogP contribution >= 0.6 is 11.3 Å². The van der Waals surface area contributed by atoms with Crippen molar-refractivity contribution in [3.8, 4) is 0 Å². The van der Waals surface area contributed by atoms with Crippen LogP contribution in [0, 0.1) is 5.41 Å². The van der Waals surface area contributed by atoms with Crippen LogP contribution in [-0.2, 0) is 6.42 Å². The van der Waals surface area contributed by atoms with Crippen molar-refractivity contribution >= 4 is 11.3 Å². The van der Waals surface area contributed by atoms with Gasteiger partial charge < -0.3 is 5.32 Å². The van der Waals surface area contributed by atoms with Crippen LogP contribution in [0.25, 0.3) is 0 Å². The van der Waals surface area contributed by atoms with E-state index in [4.69, 9.17) is 0 Å². The van der Waals surface area contributed by atoms with E-state index in [1.54, 1.807) is 4.88 Å². The smallest absolute Gasteiger partial charge is 0.0469 e. The molecular formula is C16H27NS. The molecule has 1 saturated carbocycles. The predicted octanol–water partition coefficient (Wildman–Crippen LogP) is 4.93. The zero-order valence-electron chi connectivity index (χ0n) is 12.1. The Morgan fingerprint density at radius 2 is 1.94 bits per heavy atom. The van der Waals surface area contributed by atoms with Crippen molar-refractivity contribution in [2.75, 3.05) is 6.54 Å². The largest absolute Gasteiger partial charge is 0.309 e. The second kappa shape index (κ2) is 6.21. The van der Waals surface area contributed by atoms with Crippen LogP contribution in [0.5, 0.6) is 0 Å². The maximum Gasteiger partial charge on any atom is 0.0469 e. The lowest BCUT2D eigenvalue weighted by molar-refractivity contribution is 0.148. The van der Waals surface area contributed by atoms with E-state index in [0.717, 1.165) is 6.54 Å². The average Bonchev–Trinajstić information content (AvgIpc) is 2.85. The fourth-order valence-electron chi connectivity index (χ4n) is 3.28. The van der Waals surface area contributed by atoms with E-state index in [1.165, 1.54) is 43.4 Å². The molecule has 0 spiro atoms. The van der Waals surface area contributed by atoms with Crippen LogP contribution in [0.4, 0.5) is 0 Å². The Bertz CT molecular complexity index is 363. The molecular weight excluding hydrogens is 238 g/mol. The van der Waals surface area contributed by atoms with Crippen LogP contribution in [0.2, 0.25) is 0 Å². The minimum Gasteiger partial charge on any atom is -0.309 e. The second-order valence-corrected chi connectivity index (χ2v) is 7.06. The molecule has 1 aromatic rings. The molecule has 1 heterocycles. The summed E-state index contributed by atoms with van der Waals surface area (Å²) in [5.74, 6) is 0. The Kier molecular flexibility index (Phi) is 4.85. The molecule has 1 nitrogen and oxygen atoms in total. The maximum atomic E-state index is 3.76. The number of rotatable bonds is 5. The third kappa shape index (κ3) is 2.97. The zero-order valence-corrected chi connectivity index (χ0v) is 12.9. The van der Waals surface area contributed by atoms with Crippen LogP contribution in [0.1, 0.15) is 68.7 Å². The van der Waals surface area contributed by atoms with E-state index < -0.39 is 0 Å². The molecule has 102 valence electrons. The van der Waals surface area contributed by atoms with E-state index in [2.05, 4.69) is 38.2 Å². The summed E-state index contributed by atoms with van der Waals surface area (Å²) in [6.07, 6.45) is 8.17. The van der Waals surface area contributed by atoms with Gasteiger partial charge in [0, 0.05) is 15.8 Å². The van der Waals surface area contributed by atoms with Crippen LogP contribution < -0.4 is 5.32 Å². The number of hydrogen-bond acceptors (Lipinski definition) is 2. The number of thiophene rings is 1. The van der Waals surface area contributed by atoms with Crippen LogP contribution in [0.15, 0.2) is 12.1 Å². The number of nitrogens with one attached hydrogen (secondary N) is 1. The lowest BCUT2D eigenvalue weighted by Gasteiger charge is -2.41. The van der Waals surface area contributed by atoms with Gasteiger partial charge in [0.1, 0.15) is 0 Å². The van der Waals surface area contributed by atoms with Gasteiger partial charge in [-0.15, -0.1) is 11.3 Å². The van der Waals surface area contributed by atoms with Crippen LogP contribution in [-0.4, -0.2) is 6.54 Å². The van der Waals surface area contributed by atoms with Crippen molar-refractivity contribution in [2.24, 2.45) is 5.41 Å². The van der Waals surface area contributed by atoms with Crippen molar-refractivity contribution in [1.82, 2.24) is 5.32 Å². The monoisotopic (exact) mass is 265 g/mol. The van der Waals surface area contributed by atoms with Gasteiger partial charge in [-0.1, -0.05) is 40.0 Å². The molecule has 1 N–H and O–H groups in total. The molecule has 18 heavy (non-hydrogen) atoms. The molecule has 1 aliphatic carbocycles. The summed E-state index contributed by atoms with van der Waals surface area (Å²) in [7, 11) is 0. The van der Waals surface area contributed by atoms with Gasteiger partial charge in [-0.25, -0.2) is 0 Å². The third-order valence-electron chi connectivity index (χ3n) is 4.42. The van der Waals surface area contributed by atoms with Crippen molar-refractivity contribution in [3.05, 3.63) is 21.9 Å². The highest BCUT2D eigenvalue weighted by Gasteiger charge is 2.36.